The Kier molecular flexibility index (Phi) is 7.35. The Morgan fingerprint density at radius 3 is 1.83 bits per heavy atom. The predicted octanol–water partition coefficient (Wildman–Crippen LogP) is 3.99. The lowest BCUT2D eigenvalue weighted by Crippen LogP contribution is -2.55. The van der Waals surface area contributed by atoms with Gasteiger partial charge < -0.3 is 0 Å². The number of para-hydroxylation sites is 3. The highest BCUT2D eigenvalue weighted by Gasteiger charge is 2.24. The molecule has 8 heteroatoms. The second kappa shape index (κ2) is 12.2. The van der Waals surface area contributed by atoms with Crippen molar-refractivity contribution >= 4 is 131 Å². The molecule has 0 N–H and O–H groups in total. The number of rotatable bonds is 4. The zero-order chi connectivity index (χ0) is 36.0. The van der Waals surface area contributed by atoms with Crippen molar-refractivity contribution in [1.29, 1.82) is 0 Å². The van der Waals surface area contributed by atoms with Crippen LogP contribution in [0.25, 0.3) is 92.1 Å². The molecule has 10 aromatic rings. The first-order valence-corrected chi connectivity index (χ1v) is 19.2. The van der Waals surface area contributed by atoms with Gasteiger partial charge in [0.25, 0.3) is 0 Å². The molecule has 0 saturated carbocycles. The van der Waals surface area contributed by atoms with Crippen molar-refractivity contribution in [2.45, 2.75) is 0 Å². The van der Waals surface area contributed by atoms with Gasteiger partial charge in [0, 0.05) is 31.4 Å². The molecule has 2 aromatic heterocycles. The van der Waals surface area contributed by atoms with Crippen LogP contribution in [-0.2, 0) is 0 Å². The third-order valence-electron chi connectivity index (χ3n) is 11.8. The summed E-state index contributed by atoms with van der Waals surface area (Å²) < 4.78 is 4.97. The second-order valence-corrected chi connectivity index (χ2v) is 15.5. The van der Waals surface area contributed by atoms with Crippen molar-refractivity contribution in [2.75, 3.05) is 0 Å². The van der Waals surface area contributed by atoms with Gasteiger partial charge in [0.15, 0.2) is 0 Å². The number of thiophene rings is 1. The number of benzene rings is 8. The fourth-order valence-electron chi connectivity index (χ4n) is 8.81. The summed E-state index contributed by atoms with van der Waals surface area (Å²) in [6.07, 6.45) is 0. The molecule has 0 aliphatic carbocycles. The number of hydrogen-bond acceptors (Lipinski definition) is 2. The van der Waals surface area contributed by atoms with Gasteiger partial charge >= 0.3 is 0 Å². The number of hydrogen-bond donors (Lipinski definition) is 0. The van der Waals surface area contributed by atoms with Crippen molar-refractivity contribution < 1.29 is 0 Å². The number of fused-ring (bicyclic) bond motifs is 6. The highest BCUT2D eigenvalue weighted by Crippen LogP contribution is 2.48. The van der Waals surface area contributed by atoms with E-state index in [9.17, 15) is 0 Å². The Balaban J connectivity index is 1.41. The SMILES string of the molecule is Bc1c(B)c(B)c(-c2ccc3c(-c4nc5ccccc5n4-c4ccccc4)c4ccccc4c(-c4cccc5sc6ccccc6c45)c3c2)c(B)c1B. The maximum Gasteiger partial charge on any atom is 0.146 e. The van der Waals surface area contributed by atoms with Gasteiger partial charge in [-0.1, -0.05) is 108 Å². The van der Waals surface area contributed by atoms with Crippen LogP contribution in [0.4, 0.5) is 0 Å². The molecule has 8 aromatic carbocycles. The molecule has 0 spiro atoms. The molecule has 0 aliphatic rings. The first-order valence-electron chi connectivity index (χ1n) is 18.4. The molecule has 2 nitrogen and oxygen atoms in total. The molecule has 0 aliphatic heterocycles. The monoisotopic (exact) mass is 688 g/mol. The van der Waals surface area contributed by atoms with Crippen LogP contribution >= 0.6 is 11.3 Å². The topological polar surface area (TPSA) is 17.8 Å². The van der Waals surface area contributed by atoms with Gasteiger partial charge in [-0.2, -0.15) is 0 Å². The van der Waals surface area contributed by atoms with E-state index in [1.807, 2.05) is 11.3 Å². The normalized spacial score (nSPS) is 11.8. The highest BCUT2D eigenvalue weighted by atomic mass is 32.1. The molecule has 0 atom stereocenters. The Bertz CT molecular complexity index is 3100. The lowest BCUT2D eigenvalue weighted by Gasteiger charge is -2.23. The van der Waals surface area contributed by atoms with E-state index >= 15 is 0 Å². The summed E-state index contributed by atoms with van der Waals surface area (Å²) in [5, 5.41) is 7.49. The molecule has 244 valence electrons. The number of imidazole rings is 1. The van der Waals surface area contributed by atoms with Crippen molar-refractivity contribution in [3.8, 4) is 39.3 Å². The van der Waals surface area contributed by atoms with Gasteiger partial charge in [-0.05, 0) is 86.3 Å². The summed E-state index contributed by atoms with van der Waals surface area (Å²) in [7, 11) is 11.4. The fraction of sp³-hybridized carbons (Fsp3) is 0. The molecular weight excluding hydrogens is 655 g/mol. The summed E-state index contributed by atoms with van der Waals surface area (Å²) in [5.74, 6) is 0.950. The Morgan fingerprint density at radius 1 is 0.453 bits per heavy atom. The first kappa shape index (κ1) is 32.0. The van der Waals surface area contributed by atoms with Gasteiger partial charge in [-0.3, -0.25) is 4.57 Å². The first-order chi connectivity index (χ1) is 25.9. The summed E-state index contributed by atoms with van der Waals surface area (Å²) in [4.78, 5) is 5.45. The van der Waals surface area contributed by atoms with Gasteiger partial charge in [-0.15, -0.1) is 27.7 Å². The Morgan fingerprint density at radius 2 is 1.06 bits per heavy atom. The molecule has 10 rings (SSSR count). The van der Waals surface area contributed by atoms with E-state index in [2.05, 4.69) is 183 Å². The lowest BCUT2D eigenvalue weighted by molar-refractivity contribution is 1.11. The Labute approximate surface area is 317 Å². The summed E-state index contributed by atoms with van der Waals surface area (Å²) in [6, 6.07) is 51.1. The van der Waals surface area contributed by atoms with Gasteiger partial charge in [0.1, 0.15) is 45.1 Å². The van der Waals surface area contributed by atoms with Crippen LogP contribution in [-0.4, -0.2) is 48.8 Å². The molecule has 0 bridgehead atoms. The fourth-order valence-corrected chi connectivity index (χ4v) is 9.95. The van der Waals surface area contributed by atoms with E-state index in [4.69, 9.17) is 4.98 Å². The Hall–Kier alpha value is -5.71. The van der Waals surface area contributed by atoms with Gasteiger partial charge in [-0.25, -0.2) is 4.98 Å². The summed E-state index contributed by atoms with van der Waals surface area (Å²) in [5.41, 5.74) is 16.3. The van der Waals surface area contributed by atoms with E-state index in [0.717, 1.165) is 28.1 Å². The molecule has 0 fully saturated rings. The highest BCUT2D eigenvalue weighted by molar-refractivity contribution is 7.26. The second-order valence-electron chi connectivity index (χ2n) is 14.4. The molecule has 53 heavy (non-hydrogen) atoms. The summed E-state index contributed by atoms with van der Waals surface area (Å²) in [6.45, 7) is 0. The van der Waals surface area contributed by atoms with Crippen LogP contribution in [0.5, 0.6) is 0 Å². The maximum atomic E-state index is 5.45. The average Bonchev–Trinajstić information content (AvgIpc) is 3.78. The van der Waals surface area contributed by atoms with E-state index in [-0.39, 0.29) is 0 Å². The number of aromatic nitrogens is 2. The smallest absolute Gasteiger partial charge is 0.146 e. The third-order valence-corrected chi connectivity index (χ3v) is 12.9. The van der Waals surface area contributed by atoms with Crippen molar-refractivity contribution in [3.05, 3.63) is 140 Å². The zero-order valence-electron chi connectivity index (χ0n) is 30.6. The average molecular weight is 688 g/mol. The van der Waals surface area contributed by atoms with Gasteiger partial charge in [0.05, 0.1) is 11.0 Å². The molecular formula is C45H33B5N2S. The molecule has 2 heterocycles. The molecule has 0 amide bonds. The standard InChI is InChI=1S/C45H33B5N2S/c46-40-36(41(47)43(49)44(50)42(40)48)24-21-22-28-31(23-24)37(30-16-10-20-35-38(30)29-15-6-9-19-34(29)53-35)26-13-4-5-14-27(26)39(28)45-51-32-17-7-8-18-33(32)52(45)25-11-2-1-3-12-25/h1-23H,46-50H2. The van der Waals surface area contributed by atoms with Crippen LogP contribution in [0, 0.1) is 0 Å². The van der Waals surface area contributed by atoms with E-state index in [0.29, 0.717) is 0 Å². The van der Waals surface area contributed by atoms with Crippen molar-refractivity contribution in [2.24, 2.45) is 0 Å². The zero-order valence-corrected chi connectivity index (χ0v) is 31.4. The third kappa shape index (κ3) is 4.75. The molecule has 0 unspecified atom stereocenters. The van der Waals surface area contributed by atoms with Crippen LogP contribution in [0.3, 0.4) is 0 Å². The largest absolute Gasteiger partial charge is 0.292 e. The van der Waals surface area contributed by atoms with Crippen LogP contribution in [0.1, 0.15) is 0 Å². The lowest BCUT2D eigenvalue weighted by atomic mass is 9.59. The summed E-state index contributed by atoms with van der Waals surface area (Å²) >= 11 is 1.88. The molecule has 0 saturated heterocycles. The van der Waals surface area contributed by atoms with Crippen molar-refractivity contribution in [3.63, 3.8) is 0 Å². The molecule has 0 radical (unpaired) electrons. The quantitative estimate of drug-likeness (QED) is 0.202. The minimum atomic E-state index is 0.950. The minimum Gasteiger partial charge on any atom is -0.292 e. The number of nitrogens with zero attached hydrogens (tertiary/aromatic N) is 2. The minimum absolute atomic E-state index is 0.950. The van der Waals surface area contributed by atoms with Gasteiger partial charge in [0.2, 0.25) is 0 Å². The van der Waals surface area contributed by atoms with Crippen LogP contribution < -0.4 is 27.3 Å². The van der Waals surface area contributed by atoms with Crippen LogP contribution in [0.15, 0.2) is 140 Å². The van der Waals surface area contributed by atoms with Crippen molar-refractivity contribution in [1.82, 2.24) is 9.55 Å². The van der Waals surface area contributed by atoms with E-state index in [1.165, 1.54) is 91.3 Å². The van der Waals surface area contributed by atoms with E-state index < -0.39 is 0 Å². The van der Waals surface area contributed by atoms with E-state index in [1.54, 1.807) is 0 Å². The van der Waals surface area contributed by atoms with Crippen LogP contribution in [0.2, 0.25) is 0 Å². The maximum absolute atomic E-state index is 5.45. The predicted molar refractivity (Wildman–Crippen MR) is 246 cm³/mol.